The second-order valence-corrected chi connectivity index (χ2v) is 5.24. The van der Waals surface area contributed by atoms with Crippen LogP contribution in [0.3, 0.4) is 0 Å². The van der Waals surface area contributed by atoms with Crippen LogP contribution in [-0.2, 0) is 0 Å². The molecule has 16 heavy (non-hydrogen) atoms. The van der Waals surface area contributed by atoms with Crippen molar-refractivity contribution in [3.05, 3.63) is 0 Å². The van der Waals surface area contributed by atoms with Crippen molar-refractivity contribution in [2.24, 2.45) is 11.8 Å². The Morgan fingerprint density at radius 2 is 2.06 bits per heavy atom. The average molecular weight is 228 g/mol. The van der Waals surface area contributed by atoms with Crippen LogP contribution in [0.1, 0.15) is 26.7 Å². The monoisotopic (exact) mass is 228 g/mol. The molecule has 0 aliphatic carbocycles. The molecular weight excluding hydrogens is 200 g/mol. The van der Waals surface area contributed by atoms with E-state index in [1.54, 1.807) is 0 Å². The number of nitrogens with one attached hydrogen (secondary N) is 1. The first-order valence-corrected chi connectivity index (χ1v) is 6.45. The Bertz CT molecular complexity index is 197. The third kappa shape index (κ3) is 3.42. The minimum Gasteiger partial charge on any atom is -0.305 e. The summed E-state index contributed by atoms with van der Waals surface area (Å²) in [6.07, 6.45) is 2.42. The fraction of sp³-hybridized carbons (Fsp3) is 1.00. The molecule has 1 rings (SSSR count). The second-order valence-electron chi connectivity index (χ2n) is 5.24. The van der Waals surface area contributed by atoms with Crippen molar-refractivity contribution in [1.29, 1.82) is 0 Å². The average Bonchev–Trinajstić information content (AvgIpc) is 2.42. The van der Waals surface area contributed by atoms with Crippen molar-refractivity contribution in [1.82, 2.24) is 15.2 Å². The molecule has 0 bridgehead atoms. The summed E-state index contributed by atoms with van der Waals surface area (Å²) in [7, 11) is 4.42. The van der Waals surface area contributed by atoms with E-state index in [4.69, 9.17) is 5.84 Å². The van der Waals surface area contributed by atoms with E-state index in [0.29, 0.717) is 18.0 Å². The molecule has 1 heterocycles. The Morgan fingerprint density at radius 1 is 1.38 bits per heavy atom. The van der Waals surface area contributed by atoms with Gasteiger partial charge in [0.05, 0.1) is 0 Å². The molecule has 0 radical (unpaired) electrons. The van der Waals surface area contributed by atoms with Crippen LogP contribution in [0.2, 0.25) is 0 Å². The summed E-state index contributed by atoms with van der Waals surface area (Å²) in [5.41, 5.74) is 3.03. The maximum absolute atomic E-state index is 5.74. The summed E-state index contributed by atoms with van der Waals surface area (Å²) in [6.45, 7) is 7.98. The van der Waals surface area contributed by atoms with Gasteiger partial charge in [-0.15, -0.1) is 0 Å². The van der Waals surface area contributed by atoms with Crippen LogP contribution >= 0.6 is 0 Å². The van der Waals surface area contributed by atoms with Gasteiger partial charge in [0.2, 0.25) is 0 Å². The highest BCUT2D eigenvalue weighted by atomic mass is 15.3. The molecule has 4 heteroatoms. The standard InChI is InChI=1S/C12H28N4/c1-5-10(2)12(14-13)11-9-15(3)7-6-8-16(11)4/h10-12,14H,5-9,13H2,1-4H3. The van der Waals surface area contributed by atoms with Crippen LogP contribution in [0.25, 0.3) is 0 Å². The van der Waals surface area contributed by atoms with Gasteiger partial charge in [0.25, 0.3) is 0 Å². The molecule has 0 saturated carbocycles. The zero-order valence-corrected chi connectivity index (χ0v) is 11.2. The molecule has 0 spiro atoms. The van der Waals surface area contributed by atoms with Crippen LogP contribution in [0.5, 0.6) is 0 Å². The minimum absolute atomic E-state index is 0.385. The van der Waals surface area contributed by atoms with Crippen LogP contribution in [0.4, 0.5) is 0 Å². The van der Waals surface area contributed by atoms with Gasteiger partial charge in [-0.2, -0.15) is 0 Å². The number of hydrogen-bond acceptors (Lipinski definition) is 4. The van der Waals surface area contributed by atoms with E-state index in [0.717, 1.165) is 6.54 Å². The normalized spacial score (nSPS) is 28.7. The lowest BCUT2D eigenvalue weighted by Gasteiger charge is -2.37. The SMILES string of the molecule is CCC(C)C(NN)C1CN(C)CCCN1C. The van der Waals surface area contributed by atoms with Crippen LogP contribution in [0, 0.1) is 5.92 Å². The Hall–Kier alpha value is -0.160. The Kier molecular flexibility index (Phi) is 5.69. The second kappa shape index (κ2) is 6.55. The first kappa shape index (κ1) is 13.9. The van der Waals surface area contributed by atoms with E-state index in [2.05, 4.69) is 43.2 Å². The molecule has 1 aliphatic heterocycles. The van der Waals surface area contributed by atoms with Gasteiger partial charge in [-0.3, -0.25) is 11.3 Å². The van der Waals surface area contributed by atoms with Crippen molar-refractivity contribution in [2.45, 2.75) is 38.8 Å². The summed E-state index contributed by atoms with van der Waals surface area (Å²) < 4.78 is 0. The van der Waals surface area contributed by atoms with Crippen LogP contribution in [0.15, 0.2) is 0 Å². The smallest absolute Gasteiger partial charge is 0.0403 e. The van der Waals surface area contributed by atoms with Gasteiger partial charge < -0.3 is 9.80 Å². The Balaban J connectivity index is 2.71. The van der Waals surface area contributed by atoms with Crippen molar-refractivity contribution in [3.63, 3.8) is 0 Å². The van der Waals surface area contributed by atoms with Crippen molar-refractivity contribution in [2.75, 3.05) is 33.7 Å². The molecule has 0 aromatic carbocycles. The predicted octanol–water partition coefficient (Wildman–Crippen LogP) is 0.500. The number of hydrazine groups is 1. The van der Waals surface area contributed by atoms with Gasteiger partial charge in [-0.05, 0) is 39.5 Å². The number of rotatable bonds is 4. The molecule has 3 unspecified atom stereocenters. The first-order valence-electron chi connectivity index (χ1n) is 6.45. The highest BCUT2D eigenvalue weighted by Gasteiger charge is 2.30. The van der Waals surface area contributed by atoms with E-state index in [1.165, 1.54) is 25.9 Å². The maximum atomic E-state index is 5.74. The molecule has 1 aliphatic rings. The molecule has 96 valence electrons. The largest absolute Gasteiger partial charge is 0.305 e. The summed E-state index contributed by atoms with van der Waals surface area (Å²) >= 11 is 0. The molecule has 3 N–H and O–H groups in total. The fourth-order valence-electron chi connectivity index (χ4n) is 2.60. The first-order chi connectivity index (χ1) is 7.60. The molecular formula is C12H28N4. The molecule has 1 saturated heterocycles. The molecule has 0 amide bonds. The third-order valence-electron chi connectivity index (χ3n) is 3.98. The predicted molar refractivity (Wildman–Crippen MR) is 69.1 cm³/mol. The van der Waals surface area contributed by atoms with Gasteiger partial charge in [-0.1, -0.05) is 20.3 Å². The van der Waals surface area contributed by atoms with E-state index >= 15 is 0 Å². The van der Waals surface area contributed by atoms with Gasteiger partial charge >= 0.3 is 0 Å². The number of likely N-dealkylation sites (N-methyl/N-ethyl adjacent to an activating group) is 2. The lowest BCUT2D eigenvalue weighted by Crippen LogP contribution is -2.56. The van der Waals surface area contributed by atoms with Gasteiger partial charge in [0, 0.05) is 18.6 Å². The Labute approximate surface area is 100 Å². The highest BCUT2D eigenvalue weighted by molar-refractivity contribution is 4.88. The third-order valence-corrected chi connectivity index (χ3v) is 3.98. The fourth-order valence-corrected chi connectivity index (χ4v) is 2.60. The van der Waals surface area contributed by atoms with Crippen LogP contribution in [-0.4, -0.2) is 55.6 Å². The minimum atomic E-state index is 0.385. The molecule has 3 atom stereocenters. The molecule has 0 aromatic heterocycles. The number of nitrogens with zero attached hydrogens (tertiary/aromatic N) is 2. The number of hydrogen-bond donors (Lipinski definition) is 2. The molecule has 1 fully saturated rings. The van der Waals surface area contributed by atoms with Gasteiger partial charge in [0.1, 0.15) is 0 Å². The van der Waals surface area contributed by atoms with Gasteiger partial charge in [-0.25, -0.2) is 0 Å². The van der Waals surface area contributed by atoms with Crippen molar-refractivity contribution < 1.29 is 0 Å². The summed E-state index contributed by atoms with van der Waals surface area (Å²) in [4.78, 5) is 4.88. The summed E-state index contributed by atoms with van der Waals surface area (Å²) in [5, 5.41) is 0. The Morgan fingerprint density at radius 3 is 2.62 bits per heavy atom. The zero-order valence-electron chi connectivity index (χ0n) is 11.2. The summed E-state index contributed by atoms with van der Waals surface area (Å²) in [5.74, 6) is 6.36. The lowest BCUT2D eigenvalue weighted by atomic mass is 9.92. The van der Waals surface area contributed by atoms with Crippen LogP contribution < -0.4 is 11.3 Å². The van der Waals surface area contributed by atoms with E-state index in [-0.39, 0.29) is 0 Å². The molecule has 0 aromatic rings. The van der Waals surface area contributed by atoms with E-state index in [9.17, 15) is 0 Å². The lowest BCUT2D eigenvalue weighted by molar-refractivity contribution is 0.147. The van der Waals surface area contributed by atoms with E-state index in [1.807, 2.05) is 0 Å². The van der Waals surface area contributed by atoms with Crippen molar-refractivity contribution in [3.8, 4) is 0 Å². The topological polar surface area (TPSA) is 44.5 Å². The number of nitrogens with two attached hydrogens (primary N) is 1. The van der Waals surface area contributed by atoms with E-state index < -0.39 is 0 Å². The quantitative estimate of drug-likeness (QED) is 0.543. The highest BCUT2D eigenvalue weighted by Crippen LogP contribution is 2.17. The molecule has 4 nitrogen and oxygen atoms in total. The zero-order chi connectivity index (χ0) is 12.1. The van der Waals surface area contributed by atoms with Crippen molar-refractivity contribution >= 4 is 0 Å². The van der Waals surface area contributed by atoms with Gasteiger partial charge in [0.15, 0.2) is 0 Å². The summed E-state index contributed by atoms with van der Waals surface area (Å²) in [6, 6.07) is 0.906. The maximum Gasteiger partial charge on any atom is 0.0403 e.